The second kappa shape index (κ2) is 3.77. The average Bonchev–Trinajstić information content (AvgIpc) is 2.97. The van der Waals surface area contributed by atoms with Gasteiger partial charge in [-0.2, -0.15) is 22.8 Å². The van der Waals surface area contributed by atoms with Crippen molar-refractivity contribution in [2.75, 3.05) is 0 Å². The summed E-state index contributed by atoms with van der Waals surface area (Å²) in [5.74, 6) is 0. The lowest BCUT2D eigenvalue weighted by Crippen LogP contribution is -2.11. The lowest BCUT2D eigenvalue weighted by Gasteiger charge is -2.08. The van der Waals surface area contributed by atoms with E-state index in [1.165, 1.54) is 11.3 Å². The van der Waals surface area contributed by atoms with Gasteiger partial charge in [0.1, 0.15) is 6.33 Å². The molecule has 0 atom stereocenters. The molecule has 0 saturated heterocycles. The molecule has 3 heterocycles. The molecule has 3 aromatic heterocycles. The Labute approximate surface area is 103 Å². The van der Waals surface area contributed by atoms with Gasteiger partial charge in [-0.05, 0) is 17.5 Å². The van der Waals surface area contributed by atoms with Crippen LogP contribution in [-0.2, 0) is 6.18 Å². The van der Waals surface area contributed by atoms with Gasteiger partial charge in [0, 0.05) is 10.4 Å². The van der Waals surface area contributed by atoms with Crippen molar-refractivity contribution >= 4 is 17.0 Å². The Balaban J connectivity index is 2.32. The SMILES string of the molecule is FC(F)(F)c1cc(-c2cccs2)c2nncn2n1. The summed E-state index contributed by atoms with van der Waals surface area (Å²) < 4.78 is 39.2. The third-order valence-corrected chi connectivity index (χ3v) is 3.25. The van der Waals surface area contributed by atoms with Gasteiger partial charge in [-0.25, -0.2) is 0 Å². The number of halogens is 3. The molecule has 92 valence electrons. The number of aromatic nitrogens is 4. The maximum absolute atomic E-state index is 12.7. The van der Waals surface area contributed by atoms with E-state index >= 15 is 0 Å². The van der Waals surface area contributed by atoms with Gasteiger partial charge in [-0.3, -0.25) is 0 Å². The highest BCUT2D eigenvalue weighted by molar-refractivity contribution is 7.13. The first kappa shape index (κ1) is 11.1. The van der Waals surface area contributed by atoms with E-state index in [0.717, 1.165) is 16.9 Å². The Morgan fingerprint density at radius 2 is 2.11 bits per heavy atom. The number of nitrogens with zero attached hydrogens (tertiary/aromatic N) is 4. The number of thiophene rings is 1. The van der Waals surface area contributed by atoms with Gasteiger partial charge in [0.25, 0.3) is 0 Å². The molecule has 4 nitrogen and oxygen atoms in total. The molecule has 0 unspecified atom stereocenters. The second-order valence-corrected chi connectivity index (χ2v) is 4.47. The highest BCUT2D eigenvalue weighted by atomic mass is 32.1. The fraction of sp³-hybridized carbons (Fsp3) is 0.100. The van der Waals surface area contributed by atoms with Gasteiger partial charge in [-0.1, -0.05) is 6.07 Å². The van der Waals surface area contributed by atoms with Crippen LogP contribution in [0.4, 0.5) is 13.2 Å². The van der Waals surface area contributed by atoms with E-state index in [0.29, 0.717) is 16.1 Å². The van der Waals surface area contributed by atoms with Gasteiger partial charge in [0.2, 0.25) is 0 Å². The Morgan fingerprint density at radius 1 is 1.28 bits per heavy atom. The Hall–Kier alpha value is -1.96. The highest BCUT2D eigenvalue weighted by Crippen LogP contribution is 2.33. The quantitative estimate of drug-likeness (QED) is 0.683. The fourth-order valence-electron chi connectivity index (χ4n) is 1.58. The third-order valence-electron chi connectivity index (χ3n) is 2.34. The smallest absolute Gasteiger partial charge is 0.199 e. The molecule has 0 N–H and O–H groups in total. The Bertz CT molecular complexity index is 687. The molecule has 0 radical (unpaired) electrons. The van der Waals surface area contributed by atoms with Crippen LogP contribution in [0.25, 0.3) is 16.1 Å². The summed E-state index contributed by atoms with van der Waals surface area (Å²) in [6, 6.07) is 4.49. The zero-order chi connectivity index (χ0) is 12.8. The molecule has 0 bridgehead atoms. The summed E-state index contributed by atoms with van der Waals surface area (Å²) in [4.78, 5) is 0.695. The molecule has 8 heteroatoms. The number of rotatable bonds is 1. The van der Waals surface area contributed by atoms with Crippen LogP contribution in [0.5, 0.6) is 0 Å². The van der Waals surface area contributed by atoms with Crippen molar-refractivity contribution in [3.63, 3.8) is 0 Å². The van der Waals surface area contributed by atoms with Crippen molar-refractivity contribution in [2.24, 2.45) is 0 Å². The molecule has 18 heavy (non-hydrogen) atoms. The number of alkyl halides is 3. The summed E-state index contributed by atoms with van der Waals surface area (Å²) in [6.07, 6.45) is -3.34. The van der Waals surface area contributed by atoms with Crippen molar-refractivity contribution in [3.05, 3.63) is 35.6 Å². The van der Waals surface area contributed by atoms with Gasteiger partial charge in [0.05, 0.1) is 0 Å². The fourth-order valence-corrected chi connectivity index (χ4v) is 2.32. The van der Waals surface area contributed by atoms with Crippen molar-refractivity contribution in [2.45, 2.75) is 6.18 Å². The Kier molecular flexibility index (Phi) is 2.34. The monoisotopic (exact) mass is 270 g/mol. The largest absolute Gasteiger partial charge is 0.435 e. The van der Waals surface area contributed by atoms with Crippen LogP contribution in [0.3, 0.4) is 0 Å². The van der Waals surface area contributed by atoms with E-state index in [1.54, 1.807) is 17.5 Å². The molecule has 0 saturated carbocycles. The predicted octanol–water partition coefficient (Wildman–Crippen LogP) is 2.87. The zero-order valence-electron chi connectivity index (χ0n) is 8.72. The minimum Gasteiger partial charge on any atom is -0.199 e. The lowest BCUT2D eigenvalue weighted by molar-refractivity contribution is -0.141. The first-order valence-corrected chi connectivity index (χ1v) is 5.76. The normalized spacial score (nSPS) is 12.2. The minimum absolute atomic E-state index is 0.311. The zero-order valence-corrected chi connectivity index (χ0v) is 9.53. The lowest BCUT2D eigenvalue weighted by atomic mass is 10.2. The molecular formula is C10H5F3N4S. The van der Waals surface area contributed by atoms with Gasteiger partial charge >= 0.3 is 6.18 Å². The summed E-state index contributed by atoms with van der Waals surface area (Å²) in [5.41, 5.74) is -0.270. The molecule has 3 rings (SSSR count). The highest BCUT2D eigenvalue weighted by Gasteiger charge is 2.34. The second-order valence-electron chi connectivity index (χ2n) is 3.52. The average molecular weight is 270 g/mol. The van der Waals surface area contributed by atoms with Crippen molar-refractivity contribution in [1.82, 2.24) is 19.8 Å². The summed E-state index contributed by atoms with van der Waals surface area (Å²) in [7, 11) is 0. The topological polar surface area (TPSA) is 43.1 Å². The summed E-state index contributed by atoms with van der Waals surface area (Å²) >= 11 is 1.34. The van der Waals surface area contributed by atoms with Crippen molar-refractivity contribution in [1.29, 1.82) is 0 Å². The molecule has 0 aliphatic carbocycles. The third kappa shape index (κ3) is 1.74. The van der Waals surface area contributed by atoms with E-state index in [2.05, 4.69) is 15.3 Å². The first-order valence-electron chi connectivity index (χ1n) is 4.88. The van der Waals surface area contributed by atoms with Crippen molar-refractivity contribution in [3.8, 4) is 10.4 Å². The molecule has 0 aliphatic rings. The summed E-state index contributed by atoms with van der Waals surface area (Å²) in [5, 5.41) is 12.6. The summed E-state index contributed by atoms with van der Waals surface area (Å²) in [6.45, 7) is 0. The van der Waals surface area contributed by atoms with E-state index in [9.17, 15) is 13.2 Å². The van der Waals surface area contributed by atoms with Gasteiger partial charge in [-0.15, -0.1) is 21.5 Å². The molecule has 0 spiro atoms. The van der Waals surface area contributed by atoms with Crippen LogP contribution in [0.1, 0.15) is 5.69 Å². The van der Waals surface area contributed by atoms with Crippen LogP contribution in [0.15, 0.2) is 29.9 Å². The molecule has 0 aromatic carbocycles. The van der Waals surface area contributed by atoms with E-state index < -0.39 is 11.9 Å². The van der Waals surface area contributed by atoms with Crippen LogP contribution >= 0.6 is 11.3 Å². The molecule has 0 fully saturated rings. The molecule has 0 aliphatic heterocycles. The van der Waals surface area contributed by atoms with Crippen LogP contribution in [-0.4, -0.2) is 19.8 Å². The maximum atomic E-state index is 12.7. The number of fused-ring (bicyclic) bond motifs is 1. The van der Waals surface area contributed by atoms with Crippen LogP contribution in [0.2, 0.25) is 0 Å². The van der Waals surface area contributed by atoms with Crippen LogP contribution < -0.4 is 0 Å². The number of hydrogen-bond acceptors (Lipinski definition) is 4. The standard InChI is InChI=1S/C10H5F3N4S/c11-10(12,13)8-4-6(7-2-1-3-18-7)9-15-14-5-17(9)16-8/h1-5H. The number of hydrogen-bond donors (Lipinski definition) is 0. The van der Waals surface area contributed by atoms with Gasteiger partial charge < -0.3 is 0 Å². The predicted molar refractivity (Wildman–Crippen MR) is 59.1 cm³/mol. The van der Waals surface area contributed by atoms with E-state index in [1.807, 2.05) is 0 Å². The first-order chi connectivity index (χ1) is 8.55. The van der Waals surface area contributed by atoms with E-state index in [4.69, 9.17) is 0 Å². The van der Waals surface area contributed by atoms with Crippen LogP contribution in [0, 0.1) is 0 Å². The maximum Gasteiger partial charge on any atom is 0.435 e. The molecule has 3 aromatic rings. The Morgan fingerprint density at radius 3 is 2.78 bits per heavy atom. The van der Waals surface area contributed by atoms with Crippen molar-refractivity contribution < 1.29 is 13.2 Å². The molecule has 0 amide bonds. The van der Waals surface area contributed by atoms with E-state index in [-0.39, 0.29) is 0 Å². The minimum atomic E-state index is -4.50. The molecular weight excluding hydrogens is 265 g/mol. The van der Waals surface area contributed by atoms with Gasteiger partial charge in [0.15, 0.2) is 11.3 Å².